The average molecular weight is 984 g/mol. The van der Waals surface area contributed by atoms with Crippen molar-refractivity contribution in [3.05, 3.63) is 160 Å². The number of morpholine rings is 1. The molecule has 6 aliphatic rings. The molecular formula is C62H69N3O8. The molecule has 11 rings (SSSR count). The lowest BCUT2D eigenvalue weighted by Crippen LogP contribution is -2.48. The smallest absolute Gasteiger partial charge is 0.333 e. The van der Waals surface area contributed by atoms with E-state index in [0.717, 1.165) is 89.3 Å². The lowest BCUT2D eigenvalue weighted by molar-refractivity contribution is -0.219. The monoisotopic (exact) mass is 984 g/mol. The van der Waals surface area contributed by atoms with Crippen LogP contribution in [0.2, 0.25) is 0 Å². The van der Waals surface area contributed by atoms with Crippen molar-refractivity contribution in [3.8, 4) is 17.2 Å². The molecule has 3 heterocycles. The zero-order valence-corrected chi connectivity index (χ0v) is 43.4. The number of esters is 1. The van der Waals surface area contributed by atoms with Gasteiger partial charge in [-0.3, -0.25) is 5.32 Å². The maximum atomic E-state index is 11.9. The second-order valence-electron chi connectivity index (χ2n) is 21.6. The van der Waals surface area contributed by atoms with Gasteiger partial charge in [0.15, 0.2) is 5.60 Å². The van der Waals surface area contributed by atoms with E-state index in [0.29, 0.717) is 31.2 Å². The standard InChI is InChI=1S/C62H69N3O8/c1-39(2)58(66)71-31-28-63-60(6,67)72-38-41-15-14-29-65(37-41)51-33-47-48(34-53(51)69-8)57-46(56-54(47)45-24-26-61(35-50(61)55(45)59(56,4)5)49-18-12-13-19-52(49)68-7)25-27-62(73-57,42-16-10-9-11-17-42)43-20-22-44(23-21-43)64-30-32-70-40(3)36-64/h9-13,16-27,33-34,40-41,50,63,67H,1,14-15,28-32,35-38H2,2-8H3. The van der Waals surface area contributed by atoms with Crippen molar-refractivity contribution in [1.29, 1.82) is 0 Å². The molecule has 6 atom stereocenters. The topological polar surface area (TPSA) is 111 Å². The van der Waals surface area contributed by atoms with Crippen LogP contribution >= 0.6 is 0 Å². The highest BCUT2D eigenvalue weighted by Gasteiger charge is 2.63. The Hall–Kier alpha value is -6.37. The van der Waals surface area contributed by atoms with Crippen LogP contribution in [0.15, 0.2) is 127 Å². The van der Waals surface area contributed by atoms with Gasteiger partial charge < -0.3 is 43.3 Å². The third-order valence-corrected chi connectivity index (χ3v) is 16.4. The van der Waals surface area contributed by atoms with Crippen molar-refractivity contribution >= 4 is 39.8 Å². The molecule has 380 valence electrons. The lowest BCUT2D eigenvalue weighted by atomic mass is 9.73. The lowest BCUT2D eigenvalue weighted by Gasteiger charge is -2.39. The number of methoxy groups -OCH3 is 2. The van der Waals surface area contributed by atoms with Crippen LogP contribution in [-0.2, 0) is 35.4 Å². The number of hydrogen-bond acceptors (Lipinski definition) is 11. The quantitative estimate of drug-likeness (QED) is 0.0453. The first-order valence-corrected chi connectivity index (χ1v) is 26.1. The minimum Gasteiger partial charge on any atom is -0.496 e. The fourth-order valence-corrected chi connectivity index (χ4v) is 12.8. The fraction of sp³-hybridized carbons (Fsp3) is 0.403. The number of hydrogen-bond donors (Lipinski definition) is 2. The molecule has 3 aliphatic heterocycles. The summed E-state index contributed by atoms with van der Waals surface area (Å²) in [6.45, 7) is 18.4. The van der Waals surface area contributed by atoms with Gasteiger partial charge in [0.25, 0.3) is 0 Å². The van der Waals surface area contributed by atoms with Gasteiger partial charge >= 0.3 is 5.97 Å². The molecule has 5 aromatic rings. The van der Waals surface area contributed by atoms with Gasteiger partial charge in [0, 0.05) is 95.3 Å². The molecule has 2 saturated heterocycles. The maximum absolute atomic E-state index is 11.9. The Morgan fingerprint density at radius 2 is 1.66 bits per heavy atom. The predicted molar refractivity (Wildman–Crippen MR) is 289 cm³/mol. The molecule has 73 heavy (non-hydrogen) atoms. The van der Waals surface area contributed by atoms with E-state index in [1.165, 1.54) is 33.5 Å². The van der Waals surface area contributed by atoms with Crippen molar-refractivity contribution in [1.82, 2.24) is 5.32 Å². The summed E-state index contributed by atoms with van der Waals surface area (Å²) in [5.74, 6) is 0.900. The summed E-state index contributed by atoms with van der Waals surface area (Å²) >= 11 is 0. The fourth-order valence-electron chi connectivity index (χ4n) is 12.8. The summed E-state index contributed by atoms with van der Waals surface area (Å²) in [7, 11) is 3.54. The van der Waals surface area contributed by atoms with E-state index >= 15 is 0 Å². The van der Waals surface area contributed by atoms with Crippen LogP contribution < -0.4 is 29.3 Å². The van der Waals surface area contributed by atoms with E-state index in [1.807, 2.05) is 0 Å². The van der Waals surface area contributed by atoms with E-state index in [-0.39, 0.29) is 36.0 Å². The number of rotatable bonds is 15. The maximum Gasteiger partial charge on any atom is 0.333 e. The normalized spacial score (nSPS) is 25.2. The molecule has 0 spiro atoms. The third kappa shape index (κ3) is 8.52. The largest absolute Gasteiger partial charge is 0.496 e. The summed E-state index contributed by atoms with van der Waals surface area (Å²) in [6, 6.07) is 32.6. The number of allylic oxidation sites excluding steroid dienone is 4. The number of fused-ring (bicyclic) bond motifs is 9. The van der Waals surface area contributed by atoms with Crippen LogP contribution in [0.5, 0.6) is 17.2 Å². The van der Waals surface area contributed by atoms with Gasteiger partial charge in [-0.05, 0) is 103 Å². The SMILES string of the molecule is C=C(C)C(=O)OCCNC(C)(O)OCC1CCCN(c2cc3c4c(c5c(c3cc2OC)OC(c2ccccc2)(c2ccc(N3CCOC(C)C3)cc2)C=C5)C(C)(C)C2=C4C=CC3(c4ccccc4OC)CC23)C1. The van der Waals surface area contributed by atoms with Crippen LogP contribution in [-0.4, -0.2) is 89.9 Å². The highest BCUT2D eigenvalue weighted by atomic mass is 16.6. The summed E-state index contributed by atoms with van der Waals surface area (Å²) in [4.78, 5) is 16.7. The summed E-state index contributed by atoms with van der Waals surface area (Å²) < 4.78 is 37.5. The van der Waals surface area contributed by atoms with Gasteiger partial charge in [0.1, 0.15) is 23.9 Å². The first kappa shape index (κ1) is 48.9. The van der Waals surface area contributed by atoms with Crippen LogP contribution in [0.3, 0.4) is 0 Å². The predicted octanol–water partition coefficient (Wildman–Crippen LogP) is 10.6. The number of carbonyl (C=O) groups is 1. The van der Waals surface area contributed by atoms with Crippen molar-refractivity contribution in [2.24, 2.45) is 11.8 Å². The molecule has 5 aromatic carbocycles. The first-order valence-electron chi connectivity index (χ1n) is 26.1. The van der Waals surface area contributed by atoms with Crippen LogP contribution in [0.1, 0.15) is 87.3 Å². The molecule has 3 aliphatic carbocycles. The molecule has 2 N–H and O–H groups in total. The van der Waals surface area contributed by atoms with Gasteiger partial charge in [-0.1, -0.05) is 99.3 Å². The number of nitrogens with one attached hydrogen (secondary N) is 1. The van der Waals surface area contributed by atoms with E-state index in [1.54, 1.807) is 28.1 Å². The van der Waals surface area contributed by atoms with Crippen LogP contribution in [0.25, 0.3) is 22.4 Å². The number of benzene rings is 5. The Morgan fingerprint density at radius 1 is 0.904 bits per heavy atom. The minimum absolute atomic E-state index is 0.0855. The number of para-hydroxylation sites is 1. The molecule has 0 aromatic heterocycles. The molecule has 11 nitrogen and oxygen atoms in total. The number of anilines is 2. The van der Waals surface area contributed by atoms with Gasteiger partial charge in [-0.25, -0.2) is 4.79 Å². The third-order valence-electron chi connectivity index (χ3n) is 16.4. The van der Waals surface area contributed by atoms with Crippen molar-refractivity contribution in [2.75, 3.05) is 76.6 Å². The summed E-state index contributed by atoms with van der Waals surface area (Å²) in [5.41, 5.74) is 10.8. The molecule has 6 unspecified atom stereocenters. The number of nitrogens with zero attached hydrogens (tertiary/aromatic N) is 2. The zero-order valence-electron chi connectivity index (χ0n) is 43.4. The van der Waals surface area contributed by atoms with Crippen LogP contribution in [0, 0.1) is 11.8 Å². The van der Waals surface area contributed by atoms with Gasteiger partial charge in [0.05, 0.1) is 39.2 Å². The van der Waals surface area contributed by atoms with E-state index in [9.17, 15) is 9.90 Å². The van der Waals surface area contributed by atoms with Crippen molar-refractivity contribution in [2.45, 2.75) is 82.3 Å². The van der Waals surface area contributed by atoms with E-state index in [4.69, 9.17) is 28.4 Å². The minimum atomic E-state index is -1.61. The summed E-state index contributed by atoms with van der Waals surface area (Å²) in [6.07, 6.45) is 12.6. The molecule has 3 fully saturated rings. The zero-order chi connectivity index (χ0) is 50.9. The second-order valence-corrected chi connectivity index (χ2v) is 21.6. The van der Waals surface area contributed by atoms with Crippen LogP contribution in [0.4, 0.5) is 11.4 Å². The Bertz CT molecular complexity index is 3070. The van der Waals surface area contributed by atoms with E-state index < -0.39 is 17.5 Å². The van der Waals surface area contributed by atoms with Gasteiger partial charge in [0.2, 0.25) is 5.91 Å². The number of aliphatic hydroxyl groups is 1. The van der Waals surface area contributed by atoms with Gasteiger partial charge in [-0.2, -0.15) is 0 Å². The van der Waals surface area contributed by atoms with Crippen molar-refractivity contribution in [3.63, 3.8) is 0 Å². The molecule has 11 heteroatoms. The molecule has 0 radical (unpaired) electrons. The Balaban J connectivity index is 1.01. The highest BCUT2D eigenvalue weighted by Crippen LogP contribution is 2.71. The second kappa shape index (κ2) is 18.8. The first-order chi connectivity index (χ1) is 35.2. The Labute approximate surface area is 430 Å². The summed E-state index contributed by atoms with van der Waals surface area (Å²) in [5, 5.41) is 16.3. The molecule has 0 bridgehead atoms. The van der Waals surface area contributed by atoms with Gasteiger partial charge in [-0.15, -0.1) is 0 Å². The van der Waals surface area contributed by atoms with E-state index in [2.05, 4.69) is 158 Å². The van der Waals surface area contributed by atoms with Crippen molar-refractivity contribution < 1.29 is 38.3 Å². The Kier molecular flexibility index (Phi) is 12.6. The number of ether oxygens (including phenoxy) is 6. The Morgan fingerprint density at radius 3 is 2.41 bits per heavy atom. The number of carbonyl (C=O) groups excluding carboxylic acids is 1. The molecule has 0 amide bonds. The number of piperidine rings is 1. The molecule has 1 saturated carbocycles. The highest BCUT2D eigenvalue weighted by molar-refractivity contribution is 6.10. The molecular weight excluding hydrogens is 915 g/mol. The average Bonchev–Trinajstić information content (AvgIpc) is 4.11.